The highest BCUT2D eigenvalue weighted by molar-refractivity contribution is 5.84. The van der Waals surface area contributed by atoms with Gasteiger partial charge in [0, 0.05) is 6.54 Å². The molecule has 112 valence electrons. The van der Waals surface area contributed by atoms with Gasteiger partial charge in [-0.25, -0.2) is 4.39 Å². The first kappa shape index (κ1) is 17.9. The van der Waals surface area contributed by atoms with Gasteiger partial charge >= 0.3 is 5.97 Å². The molecule has 0 bridgehead atoms. The molecule has 0 saturated carbocycles. The average molecular weight is 275 g/mol. The number of rotatable bonds is 11. The Morgan fingerprint density at radius 1 is 1.11 bits per heavy atom. The first-order chi connectivity index (χ1) is 9.02. The van der Waals surface area contributed by atoms with Crippen LogP contribution in [-0.2, 0) is 9.59 Å². The van der Waals surface area contributed by atoms with Crippen LogP contribution >= 0.6 is 0 Å². The van der Waals surface area contributed by atoms with Crippen molar-refractivity contribution in [2.24, 2.45) is 0 Å². The summed E-state index contributed by atoms with van der Waals surface area (Å²) in [6.07, 6.45) is 4.18. The molecule has 0 heterocycles. The highest BCUT2D eigenvalue weighted by Gasteiger charge is 2.24. The summed E-state index contributed by atoms with van der Waals surface area (Å²) in [4.78, 5) is 23.5. The quantitative estimate of drug-likeness (QED) is 0.590. The summed E-state index contributed by atoms with van der Waals surface area (Å²) in [5, 5.41) is 8.70. The second-order valence-electron chi connectivity index (χ2n) is 4.82. The average Bonchev–Trinajstić information content (AvgIpc) is 2.36. The van der Waals surface area contributed by atoms with Crippen molar-refractivity contribution in [3.63, 3.8) is 0 Å². The molecule has 0 aromatic heterocycles. The predicted octanol–water partition coefficient (Wildman–Crippen LogP) is 3.01. The van der Waals surface area contributed by atoms with Gasteiger partial charge in [-0.3, -0.25) is 9.59 Å². The molecule has 1 atom stereocenters. The van der Waals surface area contributed by atoms with Crippen molar-refractivity contribution in [3.05, 3.63) is 0 Å². The first-order valence-electron chi connectivity index (χ1n) is 7.17. The Kier molecular flexibility index (Phi) is 10.1. The number of halogens is 1. The van der Waals surface area contributed by atoms with E-state index in [2.05, 4.69) is 6.92 Å². The smallest absolute Gasteiger partial charge is 0.323 e. The van der Waals surface area contributed by atoms with Gasteiger partial charge < -0.3 is 10.0 Å². The van der Waals surface area contributed by atoms with E-state index >= 15 is 0 Å². The van der Waals surface area contributed by atoms with Crippen LogP contribution in [0.4, 0.5) is 4.39 Å². The van der Waals surface area contributed by atoms with Crippen molar-refractivity contribution in [1.82, 2.24) is 4.90 Å². The van der Waals surface area contributed by atoms with Crippen LogP contribution in [0.3, 0.4) is 0 Å². The fraction of sp³-hybridized carbons (Fsp3) is 0.857. The predicted molar refractivity (Wildman–Crippen MR) is 72.8 cm³/mol. The molecule has 1 amide bonds. The summed E-state index contributed by atoms with van der Waals surface area (Å²) in [5.74, 6) is -1.78. The molecule has 5 heteroatoms. The fourth-order valence-electron chi connectivity index (χ4n) is 1.95. The molecule has 1 unspecified atom stereocenters. The van der Waals surface area contributed by atoms with Crippen molar-refractivity contribution in [2.75, 3.05) is 13.1 Å². The zero-order valence-corrected chi connectivity index (χ0v) is 12.0. The molecule has 0 rings (SSSR count). The molecule has 0 aliphatic heterocycles. The second kappa shape index (κ2) is 10.8. The minimum Gasteiger partial charge on any atom is -0.480 e. The third-order valence-electron chi connectivity index (χ3n) is 2.96. The maximum absolute atomic E-state index is 13.7. The van der Waals surface area contributed by atoms with Gasteiger partial charge in [-0.2, -0.15) is 0 Å². The number of carboxylic acid groups (broad SMARTS) is 1. The largest absolute Gasteiger partial charge is 0.480 e. The summed E-state index contributed by atoms with van der Waals surface area (Å²) >= 11 is 0. The lowest BCUT2D eigenvalue weighted by molar-refractivity contribution is -0.146. The van der Waals surface area contributed by atoms with Crippen LogP contribution in [0.15, 0.2) is 0 Å². The third kappa shape index (κ3) is 8.56. The molecule has 0 fully saturated rings. The highest BCUT2D eigenvalue weighted by atomic mass is 19.1. The molecule has 0 aromatic carbocycles. The Hall–Kier alpha value is -1.13. The zero-order chi connectivity index (χ0) is 14.7. The topological polar surface area (TPSA) is 57.6 Å². The van der Waals surface area contributed by atoms with Crippen molar-refractivity contribution >= 4 is 11.9 Å². The Morgan fingerprint density at radius 3 is 2.26 bits per heavy atom. The van der Waals surface area contributed by atoms with E-state index in [0.29, 0.717) is 19.4 Å². The Bertz CT molecular complexity index is 271. The maximum Gasteiger partial charge on any atom is 0.323 e. The molecule has 0 radical (unpaired) electrons. The lowest BCUT2D eigenvalue weighted by atomic mass is 10.1. The number of carboxylic acids is 1. The van der Waals surface area contributed by atoms with Gasteiger partial charge in [0.1, 0.15) is 6.54 Å². The van der Waals surface area contributed by atoms with E-state index in [4.69, 9.17) is 5.11 Å². The Balaban J connectivity index is 4.07. The lowest BCUT2D eigenvalue weighted by Gasteiger charge is -2.21. The van der Waals surface area contributed by atoms with Crippen LogP contribution in [-0.4, -0.2) is 41.1 Å². The maximum atomic E-state index is 13.7. The number of unbranched alkanes of at least 4 members (excludes halogenated alkanes) is 4. The van der Waals surface area contributed by atoms with Crippen LogP contribution in [0.1, 0.15) is 58.8 Å². The van der Waals surface area contributed by atoms with E-state index in [1.165, 1.54) is 0 Å². The van der Waals surface area contributed by atoms with Gasteiger partial charge in [-0.05, 0) is 12.8 Å². The van der Waals surface area contributed by atoms with E-state index in [-0.39, 0.29) is 6.42 Å². The van der Waals surface area contributed by atoms with Crippen LogP contribution in [0.5, 0.6) is 0 Å². The van der Waals surface area contributed by atoms with E-state index in [1.54, 1.807) is 0 Å². The number of nitrogens with zero attached hydrogens (tertiary/aromatic N) is 1. The summed E-state index contributed by atoms with van der Waals surface area (Å²) < 4.78 is 13.7. The molecule has 0 spiro atoms. The van der Waals surface area contributed by atoms with E-state index in [1.807, 2.05) is 6.92 Å². The van der Waals surface area contributed by atoms with Crippen LogP contribution in [0, 0.1) is 0 Å². The van der Waals surface area contributed by atoms with E-state index in [0.717, 1.165) is 30.6 Å². The molecule has 0 aliphatic rings. The van der Waals surface area contributed by atoms with Crippen LogP contribution in [0.2, 0.25) is 0 Å². The molecule has 0 aliphatic carbocycles. The number of carbonyl (C=O) groups is 2. The molecule has 19 heavy (non-hydrogen) atoms. The molecule has 1 N–H and O–H groups in total. The van der Waals surface area contributed by atoms with Gasteiger partial charge in [-0.1, -0.05) is 46.0 Å². The third-order valence-corrected chi connectivity index (χ3v) is 2.96. The summed E-state index contributed by atoms with van der Waals surface area (Å²) in [6, 6.07) is 0. The Labute approximate surface area is 115 Å². The number of aliphatic carboxylic acids is 1. The zero-order valence-electron chi connectivity index (χ0n) is 12.0. The minimum atomic E-state index is -1.56. The molecule has 4 nitrogen and oxygen atoms in total. The summed E-state index contributed by atoms with van der Waals surface area (Å²) in [5.41, 5.74) is 0. The SMILES string of the molecule is CCCCCCCC(F)C(=O)N(CCC)CC(=O)O. The minimum absolute atomic E-state index is 0.197. The normalized spacial score (nSPS) is 12.2. The van der Waals surface area contributed by atoms with Crippen molar-refractivity contribution < 1.29 is 19.1 Å². The van der Waals surface area contributed by atoms with Crippen LogP contribution in [0.25, 0.3) is 0 Å². The van der Waals surface area contributed by atoms with Crippen molar-refractivity contribution in [2.45, 2.75) is 65.0 Å². The van der Waals surface area contributed by atoms with Crippen molar-refractivity contribution in [3.8, 4) is 0 Å². The van der Waals surface area contributed by atoms with Gasteiger partial charge in [0.25, 0.3) is 5.91 Å². The number of alkyl halides is 1. The standard InChI is InChI=1S/C14H26FNO3/c1-3-5-6-7-8-9-12(15)14(19)16(10-4-2)11-13(17)18/h12H,3-11H2,1-2H3,(H,17,18). The van der Waals surface area contributed by atoms with Crippen LogP contribution < -0.4 is 0 Å². The number of hydrogen-bond donors (Lipinski definition) is 1. The second-order valence-corrected chi connectivity index (χ2v) is 4.82. The molecule has 0 aromatic rings. The van der Waals surface area contributed by atoms with E-state index in [9.17, 15) is 14.0 Å². The van der Waals surface area contributed by atoms with Crippen molar-refractivity contribution in [1.29, 1.82) is 0 Å². The summed E-state index contributed by atoms with van der Waals surface area (Å²) in [6.45, 7) is 3.82. The summed E-state index contributed by atoms with van der Waals surface area (Å²) in [7, 11) is 0. The first-order valence-corrected chi connectivity index (χ1v) is 7.17. The molecular formula is C14H26FNO3. The number of carbonyl (C=O) groups excluding carboxylic acids is 1. The number of amides is 1. The van der Waals surface area contributed by atoms with Gasteiger partial charge in [0.2, 0.25) is 0 Å². The lowest BCUT2D eigenvalue weighted by Crippen LogP contribution is -2.41. The molecular weight excluding hydrogens is 249 g/mol. The highest BCUT2D eigenvalue weighted by Crippen LogP contribution is 2.12. The fourth-order valence-corrected chi connectivity index (χ4v) is 1.95. The molecule has 0 saturated heterocycles. The van der Waals surface area contributed by atoms with Gasteiger partial charge in [0.05, 0.1) is 0 Å². The number of hydrogen-bond acceptors (Lipinski definition) is 2. The Morgan fingerprint density at radius 2 is 1.74 bits per heavy atom. The van der Waals surface area contributed by atoms with Gasteiger partial charge in [-0.15, -0.1) is 0 Å². The monoisotopic (exact) mass is 275 g/mol. The van der Waals surface area contributed by atoms with E-state index < -0.39 is 24.6 Å². The van der Waals surface area contributed by atoms with Gasteiger partial charge in [0.15, 0.2) is 6.17 Å².